The van der Waals surface area contributed by atoms with Crippen LogP contribution in [0.5, 0.6) is 0 Å². The smallest absolute Gasteiger partial charge is 0.302 e. The van der Waals surface area contributed by atoms with Crippen LogP contribution in [0.15, 0.2) is 0 Å². The predicted octanol–water partition coefficient (Wildman–Crippen LogP) is 0.627. The van der Waals surface area contributed by atoms with Gasteiger partial charge in [0.1, 0.15) is 0 Å². The van der Waals surface area contributed by atoms with Crippen molar-refractivity contribution in [1.29, 1.82) is 0 Å². The number of nitrogens with zero attached hydrogens (tertiary/aromatic N) is 1. The second kappa shape index (κ2) is 4.66. The van der Waals surface area contributed by atoms with Gasteiger partial charge in [-0.2, -0.15) is 8.42 Å². The summed E-state index contributed by atoms with van der Waals surface area (Å²) in [6.07, 6.45) is 1.12. The highest BCUT2D eigenvalue weighted by molar-refractivity contribution is 7.86. The Hall–Kier alpha value is -0.160. The van der Waals surface area contributed by atoms with Crippen molar-refractivity contribution in [3.8, 4) is 0 Å². The highest BCUT2D eigenvalue weighted by atomic mass is 32.3. The van der Waals surface area contributed by atoms with Gasteiger partial charge in [-0.3, -0.25) is 0 Å². The number of hydrogen-bond donors (Lipinski definition) is 0. The van der Waals surface area contributed by atoms with Gasteiger partial charge in [0.25, 0.3) is 0 Å². The molecule has 68 valence electrons. The fourth-order valence-electron chi connectivity index (χ4n) is 0.702. The van der Waals surface area contributed by atoms with E-state index in [1.807, 2.05) is 19.0 Å². The van der Waals surface area contributed by atoms with Crippen LogP contribution in [-0.4, -0.2) is 39.7 Å². The van der Waals surface area contributed by atoms with E-state index in [2.05, 4.69) is 0 Å². The zero-order valence-electron chi connectivity index (χ0n) is 6.88. The van der Waals surface area contributed by atoms with Crippen LogP contribution in [-0.2, 0) is 10.2 Å². The van der Waals surface area contributed by atoms with E-state index in [1.54, 1.807) is 0 Å². The average Bonchev–Trinajstić information content (AvgIpc) is 1.78. The third kappa shape index (κ3) is 9.84. The molecule has 0 aliphatic rings. The Balaban J connectivity index is 3.30. The van der Waals surface area contributed by atoms with Crippen molar-refractivity contribution in [2.24, 2.45) is 0 Å². The second-order valence-electron chi connectivity index (χ2n) is 2.75. The SMILES string of the molecule is CN(C)CCCCS(=O)(=O)F. The van der Waals surface area contributed by atoms with Crippen molar-refractivity contribution in [2.75, 3.05) is 26.4 Å². The molecule has 0 aromatic carbocycles. The fraction of sp³-hybridized carbons (Fsp3) is 1.00. The van der Waals surface area contributed by atoms with E-state index in [0.717, 1.165) is 13.0 Å². The Bertz CT molecular complexity index is 189. The zero-order chi connectivity index (χ0) is 8.91. The van der Waals surface area contributed by atoms with Gasteiger partial charge in [-0.25, -0.2) is 0 Å². The number of unbranched alkanes of at least 4 members (excludes halogenated alkanes) is 1. The average molecular weight is 183 g/mol. The first-order valence-electron chi connectivity index (χ1n) is 3.49. The van der Waals surface area contributed by atoms with Crippen LogP contribution in [0.2, 0.25) is 0 Å². The molecule has 0 unspecified atom stereocenters. The Morgan fingerprint density at radius 2 is 1.82 bits per heavy atom. The molecule has 0 aliphatic heterocycles. The van der Waals surface area contributed by atoms with Gasteiger partial charge in [-0.05, 0) is 33.5 Å². The molecule has 3 nitrogen and oxygen atoms in total. The molecule has 0 N–H and O–H groups in total. The molecule has 0 spiro atoms. The van der Waals surface area contributed by atoms with Crippen LogP contribution in [0.25, 0.3) is 0 Å². The summed E-state index contributed by atoms with van der Waals surface area (Å²) in [4.78, 5) is 1.94. The lowest BCUT2D eigenvalue weighted by molar-refractivity contribution is 0.397. The number of halogens is 1. The third-order valence-electron chi connectivity index (χ3n) is 1.24. The van der Waals surface area contributed by atoms with Crippen molar-refractivity contribution in [3.63, 3.8) is 0 Å². The first-order valence-corrected chi connectivity index (χ1v) is 5.04. The summed E-state index contributed by atoms with van der Waals surface area (Å²) in [7, 11) is -0.455. The van der Waals surface area contributed by atoms with Crippen LogP contribution < -0.4 is 0 Å². The maximum absolute atomic E-state index is 11.9. The van der Waals surface area contributed by atoms with Gasteiger partial charge in [-0.1, -0.05) is 0 Å². The molecule has 0 aromatic rings. The molecule has 11 heavy (non-hydrogen) atoms. The molecule has 0 heterocycles. The van der Waals surface area contributed by atoms with Crippen LogP contribution >= 0.6 is 0 Å². The predicted molar refractivity (Wildman–Crippen MR) is 42.7 cm³/mol. The fourth-order valence-corrected chi connectivity index (χ4v) is 1.25. The minimum atomic E-state index is -4.24. The molecule has 0 fully saturated rings. The topological polar surface area (TPSA) is 37.4 Å². The first kappa shape index (κ1) is 10.8. The van der Waals surface area contributed by atoms with Crippen LogP contribution in [0.4, 0.5) is 3.89 Å². The Labute approximate surface area is 67.4 Å². The molecule has 0 aliphatic carbocycles. The van der Waals surface area contributed by atoms with Crippen LogP contribution in [0.3, 0.4) is 0 Å². The van der Waals surface area contributed by atoms with Crippen molar-refractivity contribution < 1.29 is 12.3 Å². The van der Waals surface area contributed by atoms with Gasteiger partial charge in [-0.15, -0.1) is 3.89 Å². The maximum atomic E-state index is 11.9. The Morgan fingerprint density at radius 3 is 2.18 bits per heavy atom. The van der Waals surface area contributed by atoms with Gasteiger partial charge in [0, 0.05) is 0 Å². The molecule has 5 heteroatoms. The molecular weight excluding hydrogens is 169 g/mol. The van der Waals surface area contributed by atoms with E-state index in [9.17, 15) is 12.3 Å². The lowest BCUT2D eigenvalue weighted by Gasteiger charge is -2.07. The summed E-state index contributed by atoms with van der Waals surface area (Å²) in [6, 6.07) is 0. The zero-order valence-corrected chi connectivity index (χ0v) is 7.69. The van der Waals surface area contributed by atoms with Crippen molar-refractivity contribution in [2.45, 2.75) is 12.8 Å². The highest BCUT2D eigenvalue weighted by Gasteiger charge is 2.05. The standard InChI is InChI=1S/C6H14FNO2S/c1-8(2)5-3-4-6-11(7,9)10/h3-6H2,1-2H3. The van der Waals surface area contributed by atoms with E-state index < -0.39 is 10.2 Å². The highest BCUT2D eigenvalue weighted by Crippen LogP contribution is 1.98. The normalized spacial score (nSPS) is 12.4. The van der Waals surface area contributed by atoms with Crippen molar-refractivity contribution in [1.82, 2.24) is 4.90 Å². The van der Waals surface area contributed by atoms with Gasteiger partial charge < -0.3 is 4.90 Å². The Morgan fingerprint density at radius 1 is 1.27 bits per heavy atom. The number of rotatable bonds is 5. The summed E-state index contributed by atoms with van der Waals surface area (Å²) < 4.78 is 31.9. The summed E-state index contributed by atoms with van der Waals surface area (Å²) in [6.45, 7) is 0.801. The van der Waals surface area contributed by atoms with Gasteiger partial charge in [0.2, 0.25) is 0 Å². The largest absolute Gasteiger partial charge is 0.309 e. The molecule has 0 aromatic heterocycles. The molecule has 0 rings (SSSR count). The van der Waals surface area contributed by atoms with Crippen molar-refractivity contribution in [3.05, 3.63) is 0 Å². The second-order valence-corrected chi connectivity index (χ2v) is 4.24. The van der Waals surface area contributed by atoms with Gasteiger partial charge in [0.05, 0.1) is 5.75 Å². The minimum Gasteiger partial charge on any atom is -0.309 e. The molecule has 0 saturated carbocycles. The van der Waals surface area contributed by atoms with Crippen molar-refractivity contribution >= 4 is 10.2 Å². The van der Waals surface area contributed by atoms with E-state index >= 15 is 0 Å². The van der Waals surface area contributed by atoms with Crippen LogP contribution in [0.1, 0.15) is 12.8 Å². The molecule has 0 atom stereocenters. The number of hydrogen-bond acceptors (Lipinski definition) is 3. The summed E-state index contributed by atoms with van der Waals surface area (Å²) >= 11 is 0. The molecule has 0 amide bonds. The minimum absolute atomic E-state index is 0.346. The quantitative estimate of drug-likeness (QED) is 0.463. The summed E-state index contributed by atoms with van der Waals surface area (Å²) in [5.74, 6) is -0.346. The molecule has 0 bridgehead atoms. The van der Waals surface area contributed by atoms with E-state index in [4.69, 9.17) is 0 Å². The van der Waals surface area contributed by atoms with Crippen LogP contribution in [0, 0.1) is 0 Å². The summed E-state index contributed by atoms with van der Waals surface area (Å²) in [5.41, 5.74) is 0. The van der Waals surface area contributed by atoms with E-state index in [-0.39, 0.29) is 5.75 Å². The molecule has 0 radical (unpaired) electrons. The molecule has 0 saturated heterocycles. The lowest BCUT2D eigenvalue weighted by atomic mass is 10.3. The third-order valence-corrected chi connectivity index (χ3v) is 2.02. The van der Waals surface area contributed by atoms with E-state index in [0.29, 0.717) is 6.42 Å². The van der Waals surface area contributed by atoms with E-state index in [1.165, 1.54) is 0 Å². The first-order chi connectivity index (χ1) is 4.92. The molecular formula is C6H14FNO2S. The maximum Gasteiger partial charge on any atom is 0.302 e. The van der Waals surface area contributed by atoms with Gasteiger partial charge >= 0.3 is 10.2 Å². The lowest BCUT2D eigenvalue weighted by Crippen LogP contribution is -2.13. The Kier molecular flexibility index (Phi) is 4.60. The monoisotopic (exact) mass is 183 g/mol. The summed E-state index contributed by atoms with van der Waals surface area (Å²) in [5, 5.41) is 0. The van der Waals surface area contributed by atoms with Gasteiger partial charge in [0.15, 0.2) is 0 Å².